The quantitative estimate of drug-likeness (QED) is 0.108. The molecule has 0 radical (unpaired) electrons. The molecule has 5 aromatic heterocycles. The molecule has 3 aliphatic heterocycles. The van der Waals surface area contributed by atoms with E-state index >= 15 is 4.39 Å². The summed E-state index contributed by atoms with van der Waals surface area (Å²) in [4.78, 5) is 43.3. The molecule has 3 saturated heterocycles. The second-order valence-corrected chi connectivity index (χ2v) is 19.8. The zero-order valence-corrected chi connectivity index (χ0v) is 40.6. The normalized spacial score (nSPS) is 18.0. The SMILES string of the molecule is COc1cc2nn(C)cc2cc1NC(=O)c1cc(F)c(N2CCC(NC3CC3)CC2)c2cn(Cc3cc(N4CCCC(OC5CNC5)C4)c4cn(C)nc4c3C(=O)Nc3cn4cc(C)nc(C)c4n3)nc12. The van der Waals surface area contributed by atoms with Crippen LogP contribution in [-0.2, 0) is 25.4 Å². The van der Waals surface area contributed by atoms with E-state index in [2.05, 4.69) is 47.2 Å². The number of aryl methyl sites for hydroxylation is 4. The van der Waals surface area contributed by atoms with Crippen LogP contribution < -0.4 is 35.8 Å². The van der Waals surface area contributed by atoms with Crippen LogP contribution in [0.2, 0.25) is 0 Å². The van der Waals surface area contributed by atoms with Crippen LogP contribution in [0.25, 0.3) is 38.4 Å². The molecule has 1 saturated carbocycles. The lowest BCUT2D eigenvalue weighted by molar-refractivity contribution is -0.0418. The Labute approximate surface area is 408 Å². The number of nitrogens with zero attached hydrogens (tertiary/aromatic N) is 11. The number of anilines is 4. The molecule has 1 unspecified atom stereocenters. The number of piperidine rings is 2. The highest BCUT2D eigenvalue weighted by atomic mass is 19.1. The van der Waals surface area contributed by atoms with Gasteiger partial charge in [-0.15, -0.1) is 0 Å². The number of carbonyl (C=O) groups is 2. The number of nitrogens with one attached hydrogen (secondary N) is 4. The van der Waals surface area contributed by atoms with Gasteiger partial charge in [0.2, 0.25) is 0 Å². The van der Waals surface area contributed by atoms with Crippen molar-refractivity contribution in [2.75, 3.05) is 66.8 Å². The van der Waals surface area contributed by atoms with Gasteiger partial charge >= 0.3 is 0 Å². The molecule has 368 valence electrons. The molecular formula is C51H58FN15O4. The highest BCUT2D eigenvalue weighted by Crippen LogP contribution is 2.39. The molecule has 20 heteroatoms. The van der Waals surface area contributed by atoms with Gasteiger partial charge in [0.05, 0.1) is 71.5 Å². The van der Waals surface area contributed by atoms with Crippen molar-refractivity contribution in [3.8, 4) is 5.75 Å². The van der Waals surface area contributed by atoms with Crippen molar-refractivity contribution in [2.24, 2.45) is 14.1 Å². The lowest BCUT2D eigenvalue weighted by Crippen LogP contribution is -2.52. The first kappa shape index (κ1) is 45.0. The molecular weight excluding hydrogens is 906 g/mol. The minimum absolute atomic E-state index is 0.0423. The van der Waals surface area contributed by atoms with Gasteiger partial charge in [-0.05, 0) is 76.1 Å². The number of aromatic nitrogens is 9. The molecule has 0 spiro atoms. The summed E-state index contributed by atoms with van der Waals surface area (Å²) >= 11 is 0. The van der Waals surface area contributed by atoms with E-state index in [1.807, 2.05) is 57.1 Å². The first-order valence-electron chi connectivity index (χ1n) is 24.7. The molecule has 4 fully saturated rings. The molecule has 4 aliphatic rings. The van der Waals surface area contributed by atoms with Crippen LogP contribution in [0.15, 0.2) is 55.2 Å². The van der Waals surface area contributed by atoms with Crippen LogP contribution in [-0.4, -0.2) is 126 Å². The van der Waals surface area contributed by atoms with E-state index in [1.54, 1.807) is 32.4 Å². The van der Waals surface area contributed by atoms with Gasteiger partial charge in [0, 0.05) is 118 Å². The van der Waals surface area contributed by atoms with Crippen molar-refractivity contribution in [3.63, 3.8) is 0 Å². The van der Waals surface area contributed by atoms with Crippen molar-refractivity contribution in [2.45, 2.75) is 83.2 Å². The molecule has 1 atom stereocenters. The molecule has 19 nitrogen and oxygen atoms in total. The van der Waals surface area contributed by atoms with Crippen LogP contribution in [0.1, 0.15) is 76.2 Å². The first-order chi connectivity index (χ1) is 34.4. The lowest BCUT2D eigenvalue weighted by Gasteiger charge is -2.38. The Balaban J connectivity index is 0.964. The van der Waals surface area contributed by atoms with E-state index in [4.69, 9.17) is 24.7 Å². The number of imidazole rings is 1. The van der Waals surface area contributed by atoms with Gasteiger partial charge < -0.3 is 44.9 Å². The Morgan fingerprint density at radius 3 is 2.38 bits per heavy atom. The Bertz CT molecular complexity index is 3400. The summed E-state index contributed by atoms with van der Waals surface area (Å²) in [5.41, 5.74) is 6.53. The molecule has 1 aliphatic carbocycles. The summed E-state index contributed by atoms with van der Waals surface area (Å²) in [5, 5.41) is 29.9. The smallest absolute Gasteiger partial charge is 0.259 e. The van der Waals surface area contributed by atoms with Gasteiger partial charge in [-0.25, -0.2) is 9.37 Å². The number of halogens is 1. The second-order valence-electron chi connectivity index (χ2n) is 19.8. The maximum atomic E-state index is 17.0. The summed E-state index contributed by atoms with van der Waals surface area (Å²) in [6, 6.07) is 7.85. The van der Waals surface area contributed by atoms with Gasteiger partial charge in [0.15, 0.2) is 11.5 Å². The maximum absolute atomic E-state index is 17.0. The van der Waals surface area contributed by atoms with Crippen LogP contribution in [0.5, 0.6) is 5.75 Å². The average Bonchev–Trinajstić information content (AvgIpc) is 3.57. The lowest BCUT2D eigenvalue weighted by atomic mass is 9.99. The van der Waals surface area contributed by atoms with Crippen molar-refractivity contribution in [3.05, 3.63) is 89.1 Å². The maximum Gasteiger partial charge on any atom is 0.259 e. The molecule has 8 heterocycles. The van der Waals surface area contributed by atoms with Gasteiger partial charge in [0.1, 0.15) is 22.6 Å². The van der Waals surface area contributed by atoms with Crippen LogP contribution in [0, 0.1) is 19.7 Å². The number of hydrogen-bond donors (Lipinski definition) is 4. The van der Waals surface area contributed by atoms with Crippen molar-refractivity contribution >= 4 is 73.1 Å². The number of ether oxygens (including phenoxy) is 2. The van der Waals surface area contributed by atoms with Crippen molar-refractivity contribution in [1.82, 2.24) is 54.3 Å². The molecule has 3 aromatic carbocycles. The van der Waals surface area contributed by atoms with Crippen molar-refractivity contribution < 1.29 is 23.5 Å². The highest BCUT2D eigenvalue weighted by Gasteiger charge is 2.33. The highest BCUT2D eigenvalue weighted by molar-refractivity contribution is 6.16. The fraction of sp³-hybridized carbons (Fsp3) is 0.431. The van der Waals surface area contributed by atoms with E-state index in [0.29, 0.717) is 93.4 Å². The third kappa shape index (κ3) is 8.67. The van der Waals surface area contributed by atoms with E-state index < -0.39 is 17.6 Å². The van der Waals surface area contributed by atoms with Crippen LogP contribution >= 0.6 is 0 Å². The molecule has 12 rings (SSSR count). The number of hydrogen-bond acceptors (Lipinski definition) is 13. The third-order valence-electron chi connectivity index (χ3n) is 14.4. The Kier molecular flexibility index (Phi) is 11.4. The minimum Gasteiger partial charge on any atom is -0.494 e. The summed E-state index contributed by atoms with van der Waals surface area (Å²) in [7, 11) is 5.21. The number of benzene rings is 3. The Morgan fingerprint density at radius 2 is 1.61 bits per heavy atom. The van der Waals surface area contributed by atoms with Gasteiger partial charge in [-0.2, -0.15) is 15.3 Å². The monoisotopic (exact) mass is 963 g/mol. The average molecular weight is 964 g/mol. The largest absolute Gasteiger partial charge is 0.494 e. The van der Waals surface area contributed by atoms with Crippen molar-refractivity contribution in [1.29, 1.82) is 0 Å². The minimum atomic E-state index is -0.551. The molecule has 8 aromatic rings. The number of fused-ring (bicyclic) bond motifs is 4. The Hall–Kier alpha value is -7.16. The summed E-state index contributed by atoms with van der Waals surface area (Å²) < 4.78 is 36.3. The van der Waals surface area contributed by atoms with E-state index in [9.17, 15) is 9.59 Å². The summed E-state index contributed by atoms with van der Waals surface area (Å²) in [5.74, 6) is -0.694. The first-order valence-corrected chi connectivity index (χ1v) is 24.7. The molecule has 4 N–H and O–H groups in total. The van der Waals surface area contributed by atoms with Gasteiger partial charge in [0.25, 0.3) is 11.8 Å². The molecule has 2 amide bonds. The van der Waals surface area contributed by atoms with Gasteiger partial charge in [-0.3, -0.25) is 28.6 Å². The molecule has 71 heavy (non-hydrogen) atoms. The number of carbonyl (C=O) groups excluding carboxylic acids is 2. The van der Waals surface area contributed by atoms with E-state index in [1.165, 1.54) is 26.0 Å². The number of amides is 2. The predicted octanol–water partition coefficient (Wildman–Crippen LogP) is 5.85. The second kappa shape index (κ2) is 17.9. The van der Waals surface area contributed by atoms with Crippen LogP contribution in [0.3, 0.4) is 0 Å². The van der Waals surface area contributed by atoms with Crippen LogP contribution in [0.4, 0.5) is 27.3 Å². The summed E-state index contributed by atoms with van der Waals surface area (Å²) in [6.07, 6.45) is 15.5. The van der Waals surface area contributed by atoms with E-state index in [-0.39, 0.29) is 24.3 Å². The van der Waals surface area contributed by atoms with Gasteiger partial charge in [-0.1, -0.05) is 0 Å². The Morgan fingerprint density at radius 1 is 0.803 bits per heavy atom. The fourth-order valence-corrected chi connectivity index (χ4v) is 10.8. The number of rotatable bonds is 13. The molecule has 0 bridgehead atoms. The van der Waals surface area contributed by atoms with E-state index in [0.717, 1.165) is 73.2 Å². The topological polar surface area (TPSA) is 191 Å². The predicted molar refractivity (Wildman–Crippen MR) is 270 cm³/mol. The summed E-state index contributed by atoms with van der Waals surface area (Å²) in [6.45, 7) is 8.33. The zero-order valence-electron chi connectivity index (χ0n) is 40.6. The third-order valence-corrected chi connectivity index (χ3v) is 14.4. The zero-order chi connectivity index (χ0) is 48.7. The fourth-order valence-electron chi connectivity index (χ4n) is 10.8. The standard InChI is InChI=1S/C51H58FN15O4/c1-28-21-66-27-44(57-49(66)29(2)54-28)58-51(69)45-31(16-42(37-25-63(4)60-47(37)45)65-12-6-7-34(24-65)71-35-19-53-20-35)23-67-26-38-46(61-67)36(17-39(52)48(38)64-13-10-33(11-14-64)55-32-8-9-32)50(68)56-41-15-30-22-62(3)59-40(30)18-43(41)70-5/h15-18,21-22,25-27,32-35,53,55H,6-14,19-20,23-24H2,1-5H3,(H,56,68)(H,58,69). The number of methoxy groups -OCH3 is 1.